The molecule has 0 rings (SSSR count). The number of halogens is 3. The Bertz CT molecular complexity index is 90.2. The van der Waals surface area contributed by atoms with Crippen molar-refractivity contribution in [3.8, 4) is 0 Å². The van der Waals surface area contributed by atoms with Crippen LogP contribution in [0.25, 0.3) is 0 Å². The van der Waals surface area contributed by atoms with Crippen LogP contribution in [0.5, 0.6) is 0 Å². The molecule has 67 valence electrons. The van der Waals surface area contributed by atoms with Crippen molar-refractivity contribution in [3.05, 3.63) is 0 Å². The molecule has 0 nitrogen and oxygen atoms in total. The van der Waals surface area contributed by atoms with Crippen molar-refractivity contribution in [1.29, 1.82) is 0 Å². The van der Waals surface area contributed by atoms with Crippen LogP contribution in [-0.2, 0) is 0 Å². The summed E-state index contributed by atoms with van der Waals surface area (Å²) in [4.78, 5) is 0. The molecule has 0 spiro atoms. The van der Waals surface area contributed by atoms with Gasteiger partial charge in [0.1, 0.15) is 0 Å². The average molecular weight is 185 g/mol. The first-order chi connectivity index (χ1) is 5.06. The Morgan fingerprint density at radius 1 is 1.09 bits per heavy atom. The molecule has 4 heteroatoms. The summed E-state index contributed by atoms with van der Waals surface area (Å²) in [5.74, 6) is -3.98. The van der Waals surface area contributed by atoms with E-state index in [1.807, 2.05) is 6.92 Å². The molecule has 0 heterocycles. The standard InChI is InChI=1S/C7H13F3P/c1-2-3-4-5-6-11-7(8,9)10/h2-6H2,1H3. The topological polar surface area (TPSA) is 0 Å². The first kappa shape index (κ1) is 11.2. The summed E-state index contributed by atoms with van der Waals surface area (Å²) in [5, 5.41) is 0. The molecule has 0 N–H and O–H groups in total. The van der Waals surface area contributed by atoms with Crippen LogP contribution in [0.4, 0.5) is 13.2 Å². The Balaban J connectivity index is 3.02. The maximum absolute atomic E-state index is 11.6. The Hall–Kier alpha value is 0.220. The zero-order valence-corrected chi connectivity index (χ0v) is 7.51. The van der Waals surface area contributed by atoms with E-state index in [2.05, 4.69) is 0 Å². The summed E-state index contributed by atoms with van der Waals surface area (Å²) in [6.07, 6.45) is 4.02. The molecule has 0 bridgehead atoms. The minimum absolute atomic E-state index is 0.267. The number of unbranched alkanes of at least 4 members (excludes halogenated alkanes) is 3. The summed E-state index contributed by atoms with van der Waals surface area (Å²) >= 11 is 0. The van der Waals surface area contributed by atoms with Crippen LogP contribution >= 0.6 is 8.58 Å². The summed E-state index contributed by atoms with van der Waals surface area (Å²) in [7, 11) is -0.382. The third-order valence-corrected chi connectivity index (χ3v) is 2.20. The van der Waals surface area contributed by atoms with Gasteiger partial charge in [0.05, 0.1) is 0 Å². The maximum atomic E-state index is 11.6. The zero-order valence-electron chi connectivity index (χ0n) is 6.62. The Morgan fingerprint density at radius 2 is 1.73 bits per heavy atom. The van der Waals surface area contributed by atoms with Crippen molar-refractivity contribution in [2.24, 2.45) is 0 Å². The highest BCUT2D eigenvalue weighted by Crippen LogP contribution is 2.36. The third kappa shape index (κ3) is 10.2. The fourth-order valence-electron chi connectivity index (χ4n) is 0.744. The van der Waals surface area contributed by atoms with E-state index in [-0.39, 0.29) is 14.7 Å². The van der Waals surface area contributed by atoms with Crippen LogP contribution < -0.4 is 0 Å². The van der Waals surface area contributed by atoms with Gasteiger partial charge in [-0.25, -0.2) is 0 Å². The molecule has 0 aliphatic rings. The Morgan fingerprint density at radius 3 is 2.18 bits per heavy atom. The lowest BCUT2D eigenvalue weighted by Crippen LogP contribution is -1.98. The molecule has 0 atom stereocenters. The van der Waals surface area contributed by atoms with E-state index >= 15 is 0 Å². The molecular weight excluding hydrogens is 172 g/mol. The van der Waals surface area contributed by atoms with Gasteiger partial charge >= 0.3 is 5.92 Å². The lowest BCUT2D eigenvalue weighted by atomic mass is 10.2. The maximum Gasteiger partial charge on any atom is 0.409 e. The van der Waals surface area contributed by atoms with Crippen molar-refractivity contribution in [3.63, 3.8) is 0 Å². The number of hydrogen-bond donors (Lipinski definition) is 0. The first-order valence-electron chi connectivity index (χ1n) is 3.81. The van der Waals surface area contributed by atoms with E-state index in [9.17, 15) is 13.2 Å². The lowest BCUT2D eigenvalue weighted by Gasteiger charge is -2.03. The molecule has 0 fully saturated rings. The second-order valence-electron chi connectivity index (χ2n) is 2.41. The fourth-order valence-corrected chi connectivity index (χ4v) is 1.38. The molecular formula is C7H13F3P. The van der Waals surface area contributed by atoms with Crippen LogP contribution in [0.1, 0.15) is 32.6 Å². The van der Waals surface area contributed by atoms with Gasteiger partial charge in [-0.2, -0.15) is 13.2 Å². The fraction of sp³-hybridized carbons (Fsp3) is 1.00. The highest BCUT2D eigenvalue weighted by atomic mass is 31.1. The van der Waals surface area contributed by atoms with Gasteiger partial charge in [0.15, 0.2) is 0 Å². The van der Waals surface area contributed by atoms with Gasteiger partial charge in [-0.15, -0.1) is 0 Å². The summed E-state index contributed by atoms with van der Waals surface area (Å²) in [6, 6.07) is 0. The van der Waals surface area contributed by atoms with Gasteiger partial charge in [-0.05, 0) is 12.6 Å². The molecule has 0 amide bonds. The molecule has 11 heavy (non-hydrogen) atoms. The molecule has 0 saturated carbocycles. The van der Waals surface area contributed by atoms with E-state index in [4.69, 9.17) is 0 Å². The normalized spacial score (nSPS) is 13.1. The van der Waals surface area contributed by atoms with Crippen LogP contribution in [0.3, 0.4) is 0 Å². The van der Waals surface area contributed by atoms with E-state index in [0.717, 1.165) is 19.3 Å². The SMILES string of the molecule is CCCCCC[P]C(F)(F)F. The molecule has 0 aliphatic carbocycles. The monoisotopic (exact) mass is 185 g/mol. The summed E-state index contributed by atoms with van der Waals surface area (Å²) < 4.78 is 34.7. The average Bonchev–Trinajstić information content (AvgIpc) is 1.85. The first-order valence-corrected chi connectivity index (χ1v) is 4.89. The van der Waals surface area contributed by atoms with E-state index in [0.29, 0.717) is 6.42 Å². The predicted octanol–water partition coefficient (Wildman–Crippen LogP) is 4.03. The van der Waals surface area contributed by atoms with Crippen molar-refractivity contribution < 1.29 is 13.2 Å². The van der Waals surface area contributed by atoms with Gasteiger partial charge in [-0.3, -0.25) is 0 Å². The van der Waals surface area contributed by atoms with Crippen molar-refractivity contribution >= 4 is 8.58 Å². The van der Waals surface area contributed by atoms with E-state index < -0.39 is 5.92 Å². The predicted molar refractivity (Wildman–Crippen MR) is 42.0 cm³/mol. The molecule has 0 aromatic carbocycles. The highest BCUT2D eigenvalue weighted by Gasteiger charge is 2.26. The molecule has 0 aromatic heterocycles. The van der Waals surface area contributed by atoms with Crippen molar-refractivity contribution in [2.45, 2.75) is 38.5 Å². The van der Waals surface area contributed by atoms with E-state index in [1.54, 1.807) is 0 Å². The molecule has 0 aliphatic heterocycles. The van der Waals surface area contributed by atoms with Crippen molar-refractivity contribution in [1.82, 2.24) is 0 Å². The van der Waals surface area contributed by atoms with Crippen LogP contribution in [0, 0.1) is 0 Å². The van der Waals surface area contributed by atoms with Crippen molar-refractivity contribution in [2.75, 3.05) is 6.16 Å². The summed E-state index contributed by atoms with van der Waals surface area (Å²) in [5.41, 5.74) is 0. The largest absolute Gasteiger partial charge is 0.409 e. The van der Waals surface area contributed by atoms with Gasteiger partial charge < -0.3 is 0 Å². The number of rotatable bonds is 5. The molecule has 1 radical (unpaired) electrons. The number of hydrogen-bond acceptors (Lipinski definition) is 0. The van der Waals surface area contributed by atoms with Crippen LogP contribution in [0.2, 0.25) is 0 Å². The van der Waals surface area contributed by atoms with Crippen LogP contribution in [0.15, 0.2) is 0 Å². The minimum Gasteiger partial charge on any atom is -0.167 e. The Labute approximate surface area is 67.3 Å². The van der Waals surface area contributed by atoms with Gasteiger partial charge in [0.2, 0.25) is 0 Å². The molecule has 0 saturated heterocycles. The zero-order chi connectivity index (χ0) is 8.74. The highest BCUT2D eigenvalue weighted by molar-refractivity contribution is 7.39. The second-order valence-corrected chi connectivity index (χ2v) is 3.68. The molecule has 0 unspecified atom stereocenters. The Kier molecular flexibility index (Phi) is 5.93. The quantitative estimate of drug-likeness (QED) is 0.448. The third-order valence-electron chi connectivity index (χ3n) is 1.30. The summed E-state index contributed by atoms with van der Waals surface area (Å²) in [6.45, 7) is 2.04. The van der Waals surface area contributed by atoms with Gasteiger partial charge in [-0.1, -0.05) is 26.2 Å². The van der Waals surface area contributed by atoms with E-state index in [1.165, 1.54) is 0 Å². The smallest absolute Gasteiger partial charge is 0.167 e. The number of alkyl halides is 3. The van der Waals surface area contributed by atoms with Crippen LogP contribution in [-0.4, -0.2) is 12.1 Å². The molecule has 0 aromatic rings. The van der Waals surface area contributed by atoms with Gasteiger partial charge in [0, 0.05) is 8.58 Å². The minimum atomic E-state index is -3.98. The second kappa shape index (κ2) is 5.82. The van der Waals surface area contributed by atoms with Gasteiger partial charge in [0.25, 0.3) is 0 Å². The lowest BCUT2D eigenvalue weighted by molar-refractivity contribution is -0.0370.